The van der Waals surface area contributed by atoms with E-state index in [1.165, 1.54) is 6.92 Å². The molecule has 0 aromatic heterocycles. The monoisotopic (exact) mass is 352 g/mol. The predicted molar refractivity (Wildman–Crippen MR) is 104 cm³/mol. The van der Waals surface area contributed by atoms with E-state index in [0.717, 1.165) is 28.1 Å². The number of rotatable bonds is 7. The summed E-state index contributed by atoms with van der Waals surface area (Å²) < 4.78 is 5.32. The Morgan fingerprint density at radius 1 is 1.04 bits per heavy atom. The molecule has 2 aromatic carbocycles. The number of allylic oxidation sites excluding steroid dienone is 1. The van der Waals surface area contributed by atoms with Gasteiger partial charge in [0.15, 0.2) is 0 Å². The van der Waals surface area contributed by atoms with Crippen LogP contribution in [0.4, 0.5) is 5.69 Å². The van der Waals surface area contributed by atoms with Crippen molar-refractivity contribution < 1.29 is 14.3 Å². The average Bonchev–Trinajstić information content (AvgIpc) is 2.62. The molecular formula is C21H24N2O3. The highest BCUT2D eigenvalue weighted by Crippen LogP contribution is 2.24. The van der Waals surface area contributed by atoms with Crippen molar-refractivity contribution in [1.82, 2.24) is 5.32 Å². The third-order valence-corrected chi connectivity index (χ3v) is 3.87. The third-order valence-electron chi connectivity index (χ3n) is 3.87. The van der Waals surface area contributed by atoms with Crippen LogP contribution in [0.3, 0.4) is 0 Å². The van der Waals surface area contributed by atoms with Gasteiger partial charge in [0.25, 0.3) is 0 Å². The standard InChI is InChI=1S/C21H24N2O3/c1-15(19-6-4-5-7-20(19)26-3)14-21(25)22-13-12-17-8-10-18(11-9-17)23-16(2)24/h4-11,14H,12-13H2,1-3H3,(H,22,25)(H,23,24)/b15-14+. The number of carbonyl (C=O) groups excluding carboxylic acids is 2. The van der Waals surface area contributed by atoms with Crippen LogP contribution in [-0.4, -0.2) is 25.5 Å². The van der Waals surface area contributed by atoms with Crippen LogP contribution < -0.4 is 15.4 Å². The van der Waals surface area contributed by atoms with Gasteiger partial charge in [0.1, 0.15) is 5.75 Å². The van der Waals surface area contributed by atoms with Crippen LogP contribution in [-0.2, 0) is 16.0 Å². The second-order valence-electron chi connectivity index (χ2n) is 5.95. The summed E-state index contributed by atoms with van der Waals surface area (Å²) in [5.41, 5.74) is 3.60. The van der Waals surface area contributed by atoms with E-state index in [-0.39, 0.29) is 11.8 Å². The molecule has 0 saturated heterocycles. The summed E-state index contributed by atoms with van der Waals surface area (Å²) in [6.45, 7) is 3.90. The predicted octanol–water partition coefficient (Wildman–Crippen LogP) is 3.42. The largest absolute Gasteiger partial charge is 0.496 e. The fourth-order valence-electron chi connectivity index (χ4n) is 2.58. The van der Waals surface area contributed by atoms with Gasteiger partial charge in [-0.3, -0.25) is 9.59 Å². The Bertz CT molecular complexity index is 795. The molecule has 2 aromatic rings. The van der Waals surface area contributed by atoms with E-state index >= 15 is 0 Å². The summed E-state index contributed by atoms with van der Waals surface area (Å²) >= 11 is 0. The smallest absolute Gasteiger partial charge is 0.244 e. The Hall–Kier alpha value is -3.08. The van der Waals surface area contributed by atoms with Crippen molar-refractivity contribution in [2.24, 2.45) is 0 Å². The molecule has 0 aliphatic heterocycles. The first-order valence-electron chi connectivity index (χ1n) is 8.45. The van der Waals surface area contributed by atoms with Gasteiger partial charge in [-0.25, -0.2) is 0 Å². The first kappa shape index (κ1) is 19.2. The first-order valence-corrected chi connectivity index (χ1v) is 8.45. The lowest BCUT2D eigenvalue weighted by Gasteiger charge is -2.09. The van der Waals surface area contributed by atoms with Crippen LogP contribution >= 0.6 is 0 Å². The molecular weight excluding hydrogens is 328 g/mol. The lowest BCUT2D eigenvalue weighted by molar-refractivity contribution is -0.116. The number of methoxy groups -OCH3 is 1. The molecule has 5 nitrogen and oxygen atoms in total. The van der Waals surface area contributed by atoms with Crippen LogP contribution in [0.15, 0.2) is 54.6 Å². The number of hydrogen-bond acceptors (Lipinski definition) is 3. The number of ether oxygens (including phenoxy) is 1. The number of benzene rings is 2. The molecule has 136 valence electrons. The molecule has 0 bridgehead atoms. The SMILES string of the molecule is COc1ccccc1/C(C)=C/C(=O)NCCc1ccc(NC(C)=O)cc1. The van der Waals surface area contributed by atoms with E-state index in [4.69, 9.17) is 4.74 Å². The Labute approximate surface area is 154 Å². The molecule has 0 aliphatic rings. The van der Waals surface area contributed by atoms with Crippen molar-refractivity contribution in [3.05, 3.63) is 65.7 Å². The van der Waals surface area contributed by atoms with Crippen molar-refractivity contribution in [3.8, 4) is 5.75 Å². The number of amides is 2. The number of nitrogens with one attached hydrogen (secondary N) is 2. The van der Waals surface area contributed by atoms with Crippen molar-refractivity contribution >= 4 is 23.1 Å². The van der Waals surface area contributed by atoms with Gasteiger partial charge in [-0.2, -0.15) is 0 Å². The average molecular weight is 352 g/mol. The summed E-state index contributed by atoms with van der Waals surface area (Å²) in [5, 5.41) is 5.62. The third kappa shape index (κ3) is 5.77. The Morgan fingerprint density at radius 3 is 2.38 bits per heavy atom. The fraction of sp³-hybridized carbons (Fsp3) is 0.238. The molecule has 0 unspecified atom stereocenters. The second kappa shape index (κ2) is 9.42. The maximum Gasteiger partial charge on any atom is 0.244 e. The molecule has 0 fully saturated rings. The minimum atomic E-state index is -0.136. The van der Waals surface area contributed by atoms with Gasteiger partial charge in [0, 0.05) is 30.8 Å². The van der Waals surface area contributed by atoms with Crippen molar-refractivity contribution in [2.75, 3.05) is 19.0 Å². The molecule has 0 spiro atoms. The van der Waals surface area contributed by atoms with E-state index in [2.05, 4.69) is 10.6 Å². The van der Waals surface area contributed by atoms with Crippen LogP contribution in [0, 0.1) is 0 Å². The highest BCUT2D eigenvalue weighted by Gasteiger charge is 2.06. The maximum atomic E-state index is 12.1. The van der Waals surface area contributed by atoms with Crippen molar-refractivity contribution in [3.63, 3.8) is 0 Å². The quantitative estimate of drug-likeness (QED) is 0.751. The lowest BCUT2D eigenvalue weighted by Crippen LogP contribution is -2.23. The van der Waals surface area contributed by atoms with E-state index in [1.54, 1.807) is 13.2 Å². The molecule has 5 heteroatoms. The normalized spacial score (nSPS) is 11.0. The lowest BCUT2D eigenvalue weighted by atomic mass is 10.1. The van der Waals surface area contributed by atoms with E-state index in [9.17, 15) is 9.59 Å². The zero-order valence-corrected chi connectivity index (χ0v) is 15.3. The first-order chi connectivity index (χ1) is 12.5. The molecule has 26 heavy (non-hydrogen) atoms. The summed E-state index contributed by atoms with van der Waals surface area (Å²) in [6, 6.07) is 15.2. The summed E-state index contributed by atoms with van der Waals surface area (Å²) in [5.74, 6) is 0.513. The van der Waals surface area contributed by atoms with Crippen molar-refractivity contribution in [1.29, 1.82) is 0 Å². The molecule has 0 aliphatic carbocycles. The minimum absolute atomic E-state index is 0.0952. The fourth-order valence-corrected chi connectivity index (χ4v) is 2.58. The van der Waals surface area contributed by atoms with Gasteiger partial charge in [0.2, 0.25) is 11.8 Å². The van der Waals surface area contributed by atoms with E-state index in [1.807, 2.05) is 55.5 Å². The Morgan fingerprint density at radius 2 is 1.73 bits per heavy atom. The zero-order valence-electron chi connectivity index (χ0n) is 15.3. The second-order valence-corrected chi connectivity index (χ2v) is 5.95. The highest BCUT2D eigenvalue weighted by molar-refractivity contribution is 5.95. The number of anilines is 1. The summed E-state index contributed by atoms with van der Waals surface area (Å²) in [6.07, 6.45) is 2.30. The van der Waals surface area contributed by atoms with Crippen LogP contribution in [0.5, 0.6) is 5.75 Å². The molecule has 2 amide bonds. The van der Waals surface area contributed by atoms with Gasteiger partial charge in [-0.1, -0.05) is 30.3 Å². The topological polar surface area (TPSA) is 67.4 Å². The van der Waals surface area contributed by atoms with Gasteiger partial charge in [-0.15, -0.1) is 0 Å². The summed E-state index contributed by atoms with van der Waals surface area (Å²) in [7, 11) is 1.61. The highest BCUT2D eigenvalue weighted by atomic mass is 16.5. The molecule has 0 heterocycles. The molecule has 0 saturated carbocycles. The summed E-state index contributed by atoms with van der Waals surface area (Å²) in [4.78, 5) is 23.1. The van der Waals surface area contributed by atoms with Crippen LogP contribution in [0.25, 0.3) is 5.57 Å². The van der Waals surface area contributed by atoms with Gasteiger partial charge < -0.3 is 15.4 Å². The zero-order chi connectivity index (χ0) is 18.9. The minimum Gasteiger partial charge on any atom is -0.496 e. The molecule has 2 N–H and O–H groups in total. The van der Waals surface area contributed by atoms with Crippen LogP contribution in [0.1, 0.15) is 25.0 Å². The number of hydrogen-bond donors (Lipinski definition) is 2. The van der Waals surface area contributed by atoms with E-state index in [0.29, 0.717) is 13.0 Å². The Balaban J connectivity index is 1.87. The number of para-hydroxylation sites is 1. The maximum absolute atomic E-state index is 12.1. The van der Waals surface area contributed by atoms with Gasteiger partial charge in [0.05, 0.1) is 7.11 Å². The van der Waals surface area contributed by atoms with Gasteiger partial charge >= 0.3 is 0 Å². The van der Waals surface area contributed by atoms with Gasteiger partial charge in [-0.05, 0) is 42.7 Å². The van der Waals surface area contributed by atoms with Crippen molar-refractivity contribution in [2.45, 2.75) is 20.3 Å². The Kier molecular flexibility index (Phi) is 6.97. The van der Waals surface area contributed by atoms with Crippen LogP contribution in [0.2, 0.25) is 0 Å². The van der Waals surface area contributed by atoms with E-state index < -0.39 is 0 Å². The molecule has 2 rings (SSSR count). The molecule has 0 atom stereocenters. The molecule has 0 radical (unpaired) electrons. The number of carbonyl (C=O) groups is 2.